The summed E-state index contributed by atoms with van der Waals surface area (Å²) < 4.78 is 26.6. The fourth-order valence-electron chi connectivity index (χ4n) is 4.10. The Morgan fingerprint density at radius 1 is 0.907 bits per heavy atom. The predicted molar refractivity (Wildman–Crippen MR) is 156 cm³/mol. The Labute approximate surface area is 246 Å². The predicted octanol–water partition coefficient (Wildman–Crippen LogP) is 3.57. The topological polar surface area (TPSA) is 163 Å². The highest BCUT2D eigenvalue weighted by molar-refractivity contribution is 6.37. The first-order valence-corrected chi connectivity index (χ1v) is 13.2. The van der Waals surface area contributed by atoms with Crippen LogP contribution in [0.15, 0.2) is 69.9 Å². The highest BCUT2D eigenvalue weighted by Gasteiger charge is 2.18. The number of rotatable bonds is 11. The quantitative estimate of drug-likeness (QED) is 0.174. The van der Waals surface area contributed by atoms with E-state index < -0.39 is 23.2 Å². The summed E-state index contributed by atoms with van der Waals surface area (Å²) in [6, 6.07) is 15.8. The number of nitrogens with one attached hydrogen (secondary N) is 2. The number of carbonyl (C=O) groups excluding carboxylic acids is 3. The van der Waals surface area contributed by atoms with Crippen molar-refractivity contribution in [2.75, 3.05) is 32.8 Å². The van der Waals surface area contributed by atoms with Gasteiger partial charge in [0, 0.05) is 31.2 Å². The minimum Gasteiger partial charge on any atom is -0.507 e. The number of phenolic OH excluding ortho intramolecular Hbond substituents is 1. The van der Waals surface area contributed by atoms with E-state index in [2.05, 4.69) is 15.4 Å². The van der Waals surface area contributed by atoms with E-state index in [4.69, 9.17) is 18.6 Å². The summed E-state index contributed by atoms with van der Waals surface area (Å²) in [5.74, 6) is -1.86. The SMILES string of the molecule is CCOC(=O)C(=O)Nc1ccc(CCOc2cc(O)c3c(=O)cc(C(=O)NCc4ccc(OC)cc4)oc3c2)cc1OC. The minimum atomic E-state index is -1.00. The van der Waals surface area contributed by atoms with Gasteiger partial charge in [-0.1, -0.05) is 18.2 Å². The van der Waals surface area contributed by atoms with Gasteiger partial charge in [-0.25, -0.2) is 4.79 Å². The van der Waals surface area contributed by atoms with E-state index in [1.165, 1.54) is 19.2 Å². The number of phenols is 1. The summed E-state index contributed by atoms with van der Waals surface area (Å²) in [4.78, 5) is 49.0. The normalized spacial score (nSPS) is 10.6. The van der Waals surface area contributed by atoms with E-state index >= 15 is 0 Å². The molecule has 3 aromatic carbocycles. The monoisotopic (exact) mass is 590 g/mol. The molecule has 0 spiro atoms. The van der Waals surface area contributed by atoms with E-state index in [1.54, 1.807) is 56.5 Å². The van der Waals surface area contributed by atoms with Gasteiger partial charge in [-0.05, 0) is 42.3 Å². The van der Waals surface area contributed by atoms with Crippen LogP contribution >= 0.6 is 0 Å². The van der Waals surface area contributed by atoms with Crippen LogP contribution in [-0.2, 0) is 27.3 Å². The Kier molecular flexibility index (Phi) is 9.84. The Balaban J connectivity index is 1.42. The average molecular weight is 591 g/mol. The molecule has 0 unspecified atom stereocenters. The van der Waals surface area contributed by atoms with Gasteiger partial charge in [0.1, 0.15) is 34.0 Å². The van der Waals surface area contributed by atoms with Crippen LogP contribution in [0.5, 0.6) is 23.0 Å². The summed E-state index contributed by atoms with van der Waals surface area (Å²) in [5.41, 5.74) is 1.31. The van der Waals surface area contributed by atoms with Gasteiger partial charge in [-0.3, -0.25) is 14.4 Å². The van der Waals surface area contributed by atoms with Crippen molar-refractivity contribution in [3.05, 3.63) is 87.8 Å². The smallest absolute Gasteiger partial charge is 0.397 e. The molecular formula is C31H30N2O10. The van der Waals surface area contributed by atoms with Crippen LogP contribution in [0.25, 0.3) is 11.0 Å². The van der Waals surface area contributed by atoms with Crippen molar-refractivity contribution in [2.45, 2.75) is 19.9 Å². The number of methoxy groups -OCH3 is 2. The second-order valence-electron chi connectivity index (χ2n) is 9.13. The van der Waals surface area contributed by atoms with Crippen molar-refractivity contribution >= 4 is 34.4 Å². The van der Waals surface area contributed by atoms with Crippen LogP contribution in [0.4, 0.5) is 5.69 Å². The molecule has 0 fully saturated rings. The van der Waals surface area contributed by atoms with Crippen LogP contribution < -0.4 is 30.3 Å². The van der Waals surface area contributed by atoms with Gasteiger partial charge in [0.25, 0.3) is 5.91 Å². The minimum absolute atomic E-state index is 0.0135. The van der Waals surface area contributed by atoms with Crippen LogP contribution in [0.3, 0.4) is 0 Å². The maximum absolute atomic E-state index is 12.7. The molecule has 4 aromatic rings. The molecule has 43 heavy (non-hydrogen) atoms. The molecule has 0 bridgehead atoms. The lowest BCUT2D eigenvalue weighted by atomic mass is 10.1. The van der Waals surface area contributed by atoms with Crippen LogP contribution in [0, 0.1) is 0 Å². The van der Waals surface area contributed by atoms with Crippen molar-refractivity contribution in [1.29, 1.82) is 0 Å². The van der Waals surface area contributed by atoms with Crippen molar-refractivity contribution < 1.29 is 42.9 Å². The number of amides is 2. The summed E-state index contributed by atoms with van der Waals surface area (Å²) in [6.07, 6.45) is 0.402. The lowest BCUT2D eigenvalue weighted by Gasteiger charge is -2.12. The van der Waals surface area contributed by atoms with Gasteiger partial charge >= 0.3 is 11.9 Å². The number of carbonyl (C=O) groups is 3. The van der Waals surface area contributed by atoms with Crippen LogP contribution in [0.2, 0.25) is 0 Å². The Hall–Kier alpha value is -5.52. The van der Waals surface area contributed by atoms with Crippen molar-refractivity contribution in [3.8, 4) is 23.0 Å². The third kappa shape index (κ3) is 7.61. The lowest BCUT2D eigenvalue weighted by Crippen LogP contribution is -2.25. The Bertz CT molecular complexity index is 1700. The first-order chi connectivity index (χ1) is 20.7. The number of benzene rings is 3. The third-order valence-corrected chi connectivity index (χ3v) is 6.25. The molecule has 0 saturated carbocycles. The molecular weight excluding hydrogens is 560 g/mol. The fourth-order valence-corrected chi connectivity index (χ4v) is 4.10. The van der Waals surface area contributed by atoms with Gasteiger partial charge in [0.2, 0.25) is 0 Å². The summed E-state index contributed by atoms with van der Waals surface area (Å²) in [7, 11) is 2.98. The zero-order chi connectivity index (χ0) is 30.9. The average Bonchev–Trinajstić information content (AvgIpc) is 3.00. The zero-order valence-corrected chi connectivity index (χ0v) is 23.7. The second-order valence-corrected chi connectivity index (χ2v) is 9.13. The molecule has 0 radical (unpaired) electrons. The Morgan fingerprint density at radius 3 is 2.35 bits per heavy atom. The zero-order valence-electron chi connectivity index (χ0n) is 23.7. The first-order valence-electron chi connectivity index (χ1n) is 13.2. The van der Waals surface area contributed by atoms with E-state index in [-0.39, 0.29) is 48.0 Å². The van der Waals surface area contributed by atoms with Gasteiger partial charge in [-0.2, -0.15) is 0 Å². The first kappa shape index (κ1) is 30.4. The van der Waals surface area contributed by atoms with E-state index in [0.29, 0.717) is 23.6 Å². The number of hydrogen-bond acceptors (Lipinski definition) is 10. The maximum atomic E-state index is 12.7. The van der Waals surface area contributed by atoms with Crippen molar-refractivity contribution in [2.24, 2.45) is 0 Å². The molecule has 3 N–H and O–H groups in total. The number of esters is 1. The molecule has 224 valence electrons. The fraction of sp³-hybridized carbons (Fsp3) is 0.226. The number of hydrogen-bond donors (Lipinski definition) is 3. The summed E-state index contributed by atoms with van der Waals surface area (Å²) in [5, 5.41) is 15.6. The molecule has 0 aliphatic heterocycles. The van der Waals surface area contributed by atoms with Gasteiger partial charge in [0.05, 0.1) is 33.1 Å². The highest BCUT2D eigenvalue weighted by atomic mass is 16.5. The maximum Gasteiger partial charge on any atom is 0.397 e. The molecule has 12 nitrogen and oxygen atoms in total. The highest BCUT2D eigenvalue weighted by Crippen LogP contribution is 2.30. The standard InChI is InChI=1S/C31H30N2O10/c1-4-41-31(38)30(37)33-22-10-7-18(13-25(22)40-3)11-12-42-21-14-23(34)28-24(35)16-27(43-26(28)15-21)29(36)32-17-19-5-8-20(39-2)9-6-19/h5-10,13-16,34H,4,11-12,17H2,1-3H3,(H,32,36)(H,33,37). The lowest BCUT2D eigenvalue weighted by molar-refractivity contribution is -0.152. The third-order valence-electron chi connectivity index (χ3n) is 6.25. The Morgan fingerprint density at radius 2 is 1.65 bits per heavy atom. The molecule has 1 aromatic heterocycles. The van der Waals surface area contributed by atoms with Crippen LogP contribution in [0.1, 0.15) is 28.6 Å². The number of fused-ring (bicyclic) bond motifs is 1. The molecule has 1 heterocycles. The van der Waals surface area contributed by atoms with E-state index in [1.807, 2.05) is 0 Å². The van der Waals surface area contributed by atoms with Crippen molar-refractivity contribution in [3.63, 3.8) is 0 Å². The molecule has 2 amide bonds. The summed E-state index contributed by atoms with van der Waals surface area (Å²) >= 11 is 0. The molecule has 0 aliphatic rings. The second kappa shape index (κ2) is 13.9. The van der Waals surface area contributed by atoms with Gasteiger partial charge < -0.3 is 39.1 Å². The van der Waals surface area contributed by atoms with E-state index in [9.17, 15) is 24.3 Å². The molecule has 0 saturated heterocycles. The van der Waals surface area contributed by atoms with E-state index in [0.717, 1.165) is 17.2 Å². The number of ether oxygens (including phenoxy) is 4. The largest absolute Gasteiger partial charge is 0.507 e. The van der Waals surface area contributed by atoms with Crippen LogP contribution in [-0.4, -0.2) is 50.3 Å². The molecule has 12 heteroatoms. The number of anilines is 1. The molecule has 0 atom stereocenters. The summed E-state index contributed by atoms with van der Waals surface area (Å²) in [6.45, 7) is 2.03. The number of aromatic hydroxyl groups is 1. The van der Waals surface area contributed by atoms with Gasteiger partial charge in [-0.15, -0.1) is 0 Å². The van der Waals surface area contributed by atoms with Crippen molar-refractivity contribution in [1.82, 2.24) is 5.32 Å². The molecule has 4 rings (SSSR count). The van der Waals surface area contributed by atoms with Gasteiger partial charge in [0.15, 0.2) is 11.2 Å². The molecule has 0 aliphatic carbocycles.